The van der Waals surface area contributed by atoms with E-state index < -0.39 is 6.10 Å². The zero-order valence-electron chi connectivity index (χ0n) is 12.3. The quantitative estimate of drug-likeness (QED) is 0.912. The predicted octanol–water partition coefficient (Wildman–Crippen LogP) is 3.64. The van der Waals surface area contributed by atoms with E-state index in [1.165, 1.54) is 5.56 Å². The summed E-state index contributed by atoms with van der Waals surface area (Å²) in [7, 11) is 0. The van der Waals surface area contributed by atoms with Crippen LogP contribution in [0.25, 0.3) is 0 Å². The molecule has 1 unspecified atom stereocenters. The Balaban J connectivity index is 1.72. The number of rotatable bonds is 2. The van der Waals surface area contributed by atoms with Crippen molar-refractivity contribution in [3.05, 3.63) is 59.2 Å². The van der Waals surface area contributed by atoms with Gasteiger partial charge in [-0.25, -0.2) is 0 Å². The fourth-order valence-corrected chi connectivity index (χ4v) is 2.78. The van der Waals surface area contributed by atoms with Crippen LogP contribution in [0.15, 0.2) is 42.5 Å². The monoisotopic (exact) mass is 281 g/mol. The number of benzene rings is 2. The lowest BCUT2D eigenvalue weighted by molar-refractivity contribution is -0.123. The van der Waals surface area contributed by atoms with E-state index in [2.05, 4.69) is 11.4 Å². The standard InChI is InChI=1S/C18H19NO2/c1-12-9-13(2)11-15(10-12)19-18(20)17-8-7-14-5-3-4-6-16(14)21-17/h3-6,9-11,17H,7-8H2,1-2H3,(H,19,20). The maximum Gasteiger partial charge on any atom is 0.265 e. The molecule has 2 aromatic rings. The number of amides is 1. The van der Waals surface area contributed by atoms with Gasteiger partial charge >= 0.3 is 0 Å². The Morgan fingerprint density at radius 1 is 1.14 bits per heavy atom. The number of hydrogen-bond acceptors (Lipinski definition) is 2. The molecule has 0 radical (unpaired) electrons. The van der Waals surface area contributed by atoms with Gasteiger partial charge < -0.3 is 10.1 Å². The van der Waals surface area contributed by atoms with E-state index in [-0.39, 0.29) is 5.91 Å². The Hall–Kier alpha value is -2.29. The lowest BCUT2D eigenvalue weighted by atomic mass is 10.0. The second-order valence-corrected chi connectivity index (χ2v) is 5.62. The molecular formula is C18H19NO2. The number of hydrogen-bond donors (Lipinski definition) is 1. The molecule has 1 N–H and O–H groups in total. The summed E-state index contributed by atoms with van der Waals surface area (Å²) in [6.45, 7) is 4.05. The minimum atomic E-state index is -0.416. The minimum absolute atomic E-state index is 0.0745. The molecule has 0 saturated heterocycles. The molecule has 1 aliphatic heterocycles. The van der Waals surface area contributed by atoms with E-state index in [0.29, 0.717) is 6.42 Å². The molecule has 1 amide bonds. The van der Waals surface area contributed by atoms with Crippen LogP contribution in [-0.2, 0) is 11.2 Å². The summed E-state index contributed by atoms with van der Waals surface area (Å²) in [5.74, 6) is 0.749. The van der Waals surface area contributed by atoms with Crippen molar-refractivity contribution in [3.63, 3.8) is 0 Å². The molecule has 1 atom stereocenters. The van der Waals surface area contributed by atoms with E-state index in [9.17, 15) is 4.79 Å². The van der Waals surface area contributed by atoms with E-state index in [1.807, 2.05) is 50.2 Å². The smallest absolute Gasteiger partial charge is 0.265 e. The second kappa shape index (κ2) is 5.60. The van der Waals surface area contributed by atoms with E-state index in [4.69, 9.17) is 4.74 Å². The highest BCUT2D eigenvalue weighted by molar-refractivity contribution is 5.94. The van der Waals surface area contributed by atoms with Gasteiger partial charge in [0.2, 0.25) is 0 Å². The first-order chi connectivity index (χ1) is 10.1. The summed E-state index contributed by atoms with van der Waals surface area (Å²) < 4.78 is 5.81. The van der Waals surface area contributed by atoms with Gasteiger partial charge in [0.05, 0.1) is 0 Å². The average molecular weight is 281 g/mol. The van der Waals surface area contributed by atoms with Crippen LogP contribution < -0.4 is 10.1 Å². The minimum Gasteiger partial charge on any atom is -0.480 e. The Labute approximate surface area is 124 Å². The van der Waals surface area contributed by atoms with Crippen molar-refractivity contribution >= 4 is 11.6 Å². The molecule has 0 fully saturated rings. The summed E-state index contributed by atoms with van der Waals surface area (Å²) >= 11 is 0. The van der Waals surface area contributed by atoms with Gasteiger partial charge in [-0.05, 0) is 61.6 Å². The molecule has 3 nitrogen and oxygen atoms in total. The topological polar surface area (TPSA) is 38.3 Å². The third-order valence-electron chi connectivity index (χ3n) is 3.70. The zero-order valence-corrected chi connectivity index (χ0v) is 12.3. The number of anilines is 1. The van der Waals surface area contributed by atoms with Crippen LogP contribution >= 0.6 is 0 Å². The third-order valence-corrected chi connectivity index (χ3v) is 3.70. The normalized spacial score (nSPS) is 16.8. The predicted molar refractivity (Wildman–Crippen MR) is 83.7 cm³/mol. The summed E-state index contributed by atoms with van der Waals surface area (Å²) in [4.78, 5) is 12.4. The molecule has 3 heteroatoms. The maximum absolute atomic E-state index is 12.4. The van der Waals surface area contributed by atoms with Gasteiger partial charge in [-0.2, -0.15) is 0 Å². The Morgan fingerprint density at radius 3 is 2.62 bits per heavy atom. The highest BCUT2D eigenvalue weighted by atomic mass is 16.5. The molecule has 0 aliphatic carbocycles. The van der Waals surface area contributed by atoms with Crippen molar-refractivity contribution in [1.82, 2.24) is 0 Å². The van der Waals surface area contributed by atoms with Crippen molar-refractivity contribution < 1.29 is 9.53 Å². The van der Waals surface area contributed by atoms with Crippen molar-refractivity contribution in [3.8, 4) is 5.75 Å². The first-order valence-corrected chi connectivity index (χ1v) is 7.25. The van der Waals surface area contributed by atoms with Crippen molar-refractivity contribution in [2.75, 3.05) is 5.32 Å². The molecule has 1 aliphatic rings. The lowest BCUT2D eigenvalue weighted by Crippen LogP contribution is -2.35. The lowest BCUT2D eigenvalue weighted by Gasteiger charge is -2.25. The molecule has 21 heavy (non-hydrogen) atoms. The van der Waals surface area contributed by atoms with Gasteiger partial charge in [0.1, 0.15) is 5.75 Å². The summed E-state index contributed by atoms with van der Waals surface area (Å²) in [6.07, 6.45) is 1.18. The van der Waals surface area contributed by atoms with Gasteiger partial charge in [0.15, 0.2) is 6.10 Å². The van der Waals surface area contributed by atoms with E-state index >= 15 is 0 Å². The van der Waals surface area contributed by atoms with Crippen LogP contribution in [0.3, 0.4) is 0 Å². The Bertz CT molecular complexity index is 658. The third kappa shape index (κ3) is 3.07. The molecule has 108 valence electrons. The first-order valence-electron chi connectivity index (χ1n) is 7.25. The van der Waals surface area contributed by atoms with Crippen LogP contribution in [0.2, 0.25) is 0 Å². The van der Waals surface area contributed by atoms with Crippen LogP contribution in [0.1, 0.15) is 23.1 Å². The van der Waals surface area contributed by atoms with Crippen molar-refractivity contribution in [2.24, 2.45) is 0 Å². The molecule has 2 aromatic carbocycles. The van der Waals surface area contributed by atoms with E-state index in [1.54, 1.807) is 0 Å². The van der Waals surface area contributed by atoms with Gasteiger partial charge in [-0.1, -0.05) is 24.3 Å². The molecule has 0 bridgehead atoms. The van der Waals surface area contributed by atoms with Crippen molar-refractivity contribution in [1.29, 1.82) is 0 Å². The average Bonchev–Trinajstić information content (AvgIpc) is 2.45. The molecular weight excluding hydrogens is 262 g/mol. The zero-order chi connectivity index (χ0) is 14.8. The van der Waals surface area contributed by atoms with Crippen LogP contribution in [0.5, 0.6) is 5.75 Å². The number of nitrogens with one attached hydrogen (secondary N) is 1. The van der Waals surface area contributed by atoms with Crippen LogP contribution in [-0.4, -0.2) is 12.0 Å². The van der Waals surface area contributed by atoms with Crippen molar-refractivity contribution in [2.45, 2.75) is 32.8 Å². The Kier molecular flexibility index (Phi) is 3.65. The molecule has 0 spiro atoms. The fourth-order valence-electron chi connectivity index (χ4n) is 2.78. The highest BCUT2D eigenvalue weighted by Gasteiger charge is 2.25. The number of para-hydroxylation sites is 1. The molecule has 0 saturated carbocycles. The van der Waals surface area contributed by atoms with Gasteiger partial charge in [0.25, 0.3) is 5.91 Å². The van der Waals surface area contributed by atoms with Gasteiger partial charge in [0, 0.05) is 5.69 Å². The number of carbonyl (C=O) groups excluding carboxylic acids is 1. The first kappa shape index (κ1) is 13.7. The largest absolute Gasteiger partial charge is 0.480 e. The highest BCUT2D eigenvalue weighted by Crippen LogP contribution is 2.27. The second-order valence-electron chi connectivity index (χ2n) is 5.62. The number of fused-ring (bicyclic) bond motifs is 1. The Morgan fingerprint density at radius 2 is 1.86 bits per heavy atom. The van der Waals surface area contributed by atoms with Crippen LogP contribution in [0.4, 0.5) is 5.69 Å². The number of aryl methyl sites for hydroxylation is 3. The summed E-state index contributed by atoms with van der Waals surface area (Å²) in [6, 6.07) is 13.9. The maximum atomic E-state index is 12.4. The fraction of sp³-hybridized carbons (Fsp3) is 0.278. The van der Waals surface area contributed by atoms with E-state index in [0.717, 1.165) is 29.0 Å². The van der Waals surface area contributed by atoms with Crippen LogP contribution in [0, 0.1) is 13.8 Å². The number of ether oxygens (including phenoxy) is 1. The molecule has 0 aromatic heterocycles. The summed E-state index contributed by atoms with van der Waals surface area (Å²) in [5.41, 5.74) is 4.29. The molecule has 1 heterocycles. The van der Waals surface area contributed by atoms with Gasteiger partial charge in [-0.15, -0.1) is 0 Å². The SMILES string of the molecule is Cc1cc(C)cc(NC(=O)C2CCc3ccccc3O2)c1. The number of carbonyl (C=O) groups is 1. The molecule has 3 rings (SSSR count). The summed E-state index contributed by atoms with van der Waals surface area (Å²) in [5, 5.41) is 2.96. The van der Waals surface area contributed by atoms with Gasteiger partial charge in [-0.3, -0.25) is 4.79 Å².